The molecule has 3 heterocycles. The van der Waals surface area contributed by atoms with Crippen molar-refractivity contribution in [1.82, 2.24) is 20.2 Å². The van der Waals surface area contributed by atoms with Gasteiger partial charge in [-0.1, -0.05) is 19.1 Å². The fraction of sp³-hybridized carbons (Fsp3) is 0.348. The van der Waals surface area contributed by atoms with Crippen LogP contribution in [-0.2, 0) is 29.1 Å². The molecule has 1 aliphatic rings. The number of rotatable bonds is 6. The molecule has 1 saturated heterocycles. The lowest BCUT2D eigenvalue weighted by Crippen LogP contribution is -2.32. The first-order valence-corrected chi connectivity index (χ1v) is 10.1. The van der Waals surface area contributed by atoms with Crippen molar-refractivity contribution < 1.29 is 9.59 Å². The summed E-state index contributed by atoms with van der Waals surface area (Å²) in [5.41, 5.74) is 5.68. The Morgan fingerprint density at radius 2 is 2.17 bits per heavy atom. The average molecular weight is 390 g/mol. The molecule has 29 heavy (non-hydrogen) atoms. The Hall–Kier alpha value is -3.15. The van der Waals surface area contributed by atoms with Crippen molar-refractivity contribution in [3.63, 3.8) is 0 Å². The first kappa shape index (κ1) is 19.2. The molecule has 3 aromatic rings. The topological polar surface area (TPSA) is 78.1 Å². The number of aromatic amines is 1. The summed E-state index contributed by atoms with van der Waals surface area (Å²) in [5, 5.41) is 4.21. The maximum atomic E-state index is 12.6. The minimum atomic E-state index is -0.302. The number of H-pyrrole nitrogens is 1. The van der Waals surface area contributed by atoms with Crippen molar-refractivity contribution in [2.75, 3.05) is 6.54 Å². The van der Waals surface area contributed by atoms with E-state index >= 15 is 0 Å². The standard InChI is InChI=1S/C23H26N4O2/c1-3-20-15(2)19-9-16(6-7-21(19)26-20)12-25-23(29)18-10-22(28)27(14-18)13-17-5-4-8-24-11-17/h4-9,11,18,26H,3,10,12-14H2,1-2H3,(H,25,29)/t18-/m1/s1. The van der Waals surface area contributed by atoms with Gasteiger partial charge in [0.25, 0.3) is 0 Å². The van der Waals surface area contributed by atoms with Crippen molar-refractivity contribution in [3.05, 3.63) is 65.1 Å². The summed E-state index contributed by atoms with van der Waals surface area (Å²) in [5.74, 6) is -0.346. The zero-order valence-corrected chi connectivity index (χ0v) is 16.9. The van der Waals surface area contributed by atoms with Gasteiger partial charge < -0.3 is 15.2 Å². The molecular formula is C23H26N4O2. The van der Waals surface area contributed by atoms with Crippen LogP contribution in [0.5, 0.6) is 0 Å². The van der Waals surface area contributed by atoms with Gasteiger partial charge in [0.1, 0.15) is 0 Å². The summed E-state index contributed by atoms with van der Waals surface area (Å²) in [7, 11) is 0. The number of fused-ring (bicyclic) bond motifs is 1. The van der Waals surface area contributed by atoms with Gasteiger partial charge in [-0.3, -0.25) is 14.6 Å². The monoisotopic (exact) mass is 390 g/mol. The second-order valence-electron chi connectivity index (χ2n) is 7.72. The minimum Gasteiger partial charge on any atom is -0.358 e. The summed E-state index contributed by atoms with van der Waals surface area (Å²) >= 11 is 0. The van der Waals surface area contributed by atoms with Gasteiger partial charge in [-0.15, -0.1) is 0 Å². The maximum absolute atomic E-state index is 12.6. The Kier molecular flexibility index (Phi) is 5.34. The molecule has 150 valence electrons. The second-order valence-corrected chi connectivity index (χ2v) is 7.72. The van der Waals surface area contributed by atoms with E-state index < -0.39 is 0 Å². The molecule has 2 N–H and O–H groups in total. The molecule has 1 aromatic carbocycles. The third-order valence-electron chi connectivity index (χ3n) is 5.73. The van der Waals surface area contributed by atoms with Crippen LogP contribution in [0.25, 0.3) is 10.9 Å². The molecular weight excluding hydrogens is 364 g/mol. The Morgan fingerprint density at radius 3 is 2.93 bits per heavy atom. The summed E-state index contributed by atoms with van der Waals surface area (Å²) < 4.78 is 0. The predicted octanol–water partition coefficient (Wildman–Crippen LogP) is 3.10. The number of hydrogen-bond donors (Lipinski definition) is 2. The SMILES string of the molecule is CCc1[nH]c2ccc(CNC(=O)[C@@H]3CC(=O)N(Cc4cccnc4)C3)cc2c1C. The van der Waals surface area contributed by atoms with Crippen molar-refractivity contribution >= 4 is 22.7 Å². The molecule has 0 saturated carbocycles. The molecule has 1 fully saturated rings. The quantitative estimate of drug-likeness (QED) is 0.679. The number of likely N-dealkylation sites (tertiary alicyclic amines) is 1. The molecule has 1 atom stereocenters. The van der Waals surface area contributed by atoms with Crippen LogP contribution in [0.15, 0.2) is 42.7 Å². The molecule has 0 spiro atoms. The highest BCUT2D eigenvalue weighted by Gasteiger charge is 2.34. The van der Waals surface area contributed by atoms with Gasteiger partial charge >= 0.3 is 0 Å². The number of aryl methyl sites for hydroxylation is 2. The zero-order valence-electron chi connectivity index (χ0n) is 16.9. The molecule has 2 aromatic heterocycles. The van der Waals surface area contributed by atoms with E-state index in [4.69, 9.17) is 0 Å². The minimum absolute atomic E-state index is 0.0189. The van der Waals surface area contributed by atoms with Crippen molar-refractivity contribution in [2.24, 2.45) is 5.92 Å². The third-order valence-corrected chi connectivity index (χ3v) is 5.73. The fourth-order valence-electron chi connectivity index (χ4n) is 4.04. The molecule has 2 amide bonds. The third kappa shape index (κ3) is 4.01. The van der Waals surface area contributed by atoms with E-state index in [1.807, 2.05) is 18.2 Å². The van der Waals surface area contributed by atoms with Crippen LogP contribution in [0, 0.1) is 12.8 Å². The lowest BCUT2D eigenvalue weighted by atomic mass is 10.1. The summed E-state index contributed by atoms with van der Waals surface area (Å²) in [4.78, 5) is 34.2. The van der Waals surface area contributed by atoms with Crippen LogP contribution in [-0.4, -0.2) is 33.2 Å². The van der Waals surface area contributed by atoms with Crippen LogP contribution in [0.4, 0.5) is 0 Å². The lowest BCUT2D eigenvalue weighted by Gasteiger charge is -2.16. The van der Waals surface area contributed by atoms with E-state index in [9.17, 15) is 9.59 Å². The van der Waals surface area contributed by atoms with E-state index in [1.165, 1.54) is 16.6 Å². The van der Waals surface area contributed by atoms with Crippen LogP contribution in [0.3, 0.4) is 0 Å². The van der Waals surface area contributed by atoms with Crippen LogP contribution in [0.2, 0.25) is 0 Å². The first-order valence-electron chi connectivity index (χ1n) is 10.1. The van der Waals surface area contributed by atoms with E-state index in [1.54, 1.807) is 17.3 Å². The van der Waals surface area contributed by atoms with Gasteiger partial charge in [0.15, 0.2) is 0 Å². The number of nitrogens with one attached hydrogen (secondary N) is 2. The molecule has 1 aliphatic heterocycles. The number of amides is 2. The largest absolute Gasteiger partial charge is 0.358 e. The van der Waals surface area contributed by atoms with Crippen molar-refractivity contribution in [1.29, 1.82) is 0 Å². The number of nitrogens with zero attached hydrogens (tertiary/aromatic N) is 2. The Labute approximate surface area is 170 Å². The van der Waals surface area contributed by atoms with Crippen LogP contribution in [0.1, 0.15) is 35.7 Å². The highest BCUT2D eigenvalue weighted by Crippen LogP contribution is 2.24. The van der Waals surface area contributed by atoms with E-state index in [0.29, 0.717) is 19.6 Å². The van der Waals surface area contributed by atoms with Gasteiger partial charge in [0, 0.05) is 55.0 Å². The maximum Gasteiger partial charge on any atom is 0.225 e. The number of carbonyl (C=O) groups excluding carboxylic acids is 2. The summed E-state index contributed by atoms with van der Waals surface area (Å²) in [6.45, 7) is 5.68. The Balaban J connectivity index is 1.37. The normalized spacial score (nSPS) is 16.6. The van der Waals surface area contributed by atoms with Gasteiger partial charge in [0.2, 0.25) is 11.8 Å². The highest BCUT2D eigenvalue weighted by molar-refractivity contribution is 5.89. The predicted molar refractivity (Wildman–Crippen MR) is 112 cm³/mol. The number of benzene rings is 1. The summed E-state index contributed by atoms with van der Waals surface area (Å²) in [6.07, 6.45) is 4.70. The zero-order chi connectivity index (χ0) is 20.4. The number of pyridine rings is 1. The molecule has 0 radical (unpaired) electrons. The Morgan fingerprint density at radius 1 is 1.31 bits per heavy atom. The van der Waals surface area contributed by atoms with Crippen molar-refractivity contribution in [2.45, 2.75) is 39.8 Å². The second kappa shape index (κ2) is 8.07. The number of hydrogen-bond acceptors (Lipinski definition) is 3. The molecule has 6 heteroatoms. The van der Waals surface area contributed by atoms with Crippen LogP contribution < -0.4 is 5.32 Å². The molecule has 0 aliphatic carbocycles. The van der Waals surface area contributed by atoms with Gasteiger partial charge in [0.05, 0.1) is 5.92 Å². The van der Waals surface area contributed by atoms with E-state index in [0.717, 1.165) is 23.1 Å². The number of aromatic nitrogens is 2. The summed E-state index contributed by atoms with van der Waals surface area (Å²) in [6, 6.07) is 10.0. The van der Waals surface area contributed by atoms with Crippen LogP contribution >= 0.6 is 0 Å². The smallest absolute Gasteiger partial charge is 0.225 e. The first-order chi connectivity index (χ1) is 14.0. The molecule has 0 unspecified atom stereocenters. The average Bonchev–Trinajstić information content (AvgIpc) is 3.26. The lowest BCUT2D eigenvalue weighted by molar-refractivity contribution is -0.129. The van der Waals surface area contributed by atoms with E-state index in [-0.39, 0.29) is 24.2 Å². The van der Waals surface area contributed by atoms with Crippen molar-refractivity contribution in [3.8, 4) is 0 Å². The molecule has 4 rings (SSSR count). The molecule has 0 bridgehead atoms. The molecule has 6 nitrogen and oxygen atoms in total. The van der Waals surface area contributed by atoms with Gasteiger partial charge in [-0.05, 0) is 48.2 Å². The highest BCUT2D eigenvalue weighted by atomic mass is 16.2. The number of carbonyl (C=O) groups is 2. The fourth-order valence-corrected chi connectivity index (χ4v) is 4.04. The Bertz CT molecular complexity index is 1040. The van der Waals surface area contributed by atoms with Gasteiger partial charge in [-0.2, -0.15) is 0 Å². The van der Waals surface area contributed by atoms with Gasteiger partial charge in [-0.25, -0.2) is 0 Å². The van der Waals surface area contributed by atoms with E-state index in [2.05, 4.69) is 41.3 Å².